The summed E-state index contributed by atoms with van der Waals surface area (Å²) in [6, 6.07) is -0.00856. The minimum atomic E-state index is -0.959. The molecule has 0 fully saturated rings. The van der Waals surface area contributed by atoms with Gasteiger partial charge in [-0.1, -0.05) is 6.92 Å². The molecule has 0 aromatic heterocycles. The molecule has 1 unspecified atom stereocenters. The SMILES string of the molecule is CCC(C)N(CC(=O)O)C(=O)CSC. The fraction of sp³-hybridized carbons (Fsp3) is 0.778. The highest BCUT2D eigenvalue weighted by atomic mass is 32.2. The van der Waals surface area contributed by atoms with Crippen LogP contribution in [0.3, 0.4) is 0 Å². The van der Waals surface area contributed by atoms with E-state index in [1.54, 1.807) is 0 Å². The molecule has 1 N–H and O–H groups in total. The van der Waals surface area contributed by atoms with Crippen molar-refractivity contribution in [3.8, 4) is 0 Å². The second kappa shape index (κ2) is 6.70. The summed E-state index contributed by atoms with van der Waals surface area (Å²) in [7, 11) is 0. The summed E-state index contributed by atoms with van der Waals surface area (Å²) in [6.45, 7) is 3.60. The lowest BCUT2D eigenvalue weighted by Crippen LogP contribution is -2.42. The summed E-state index contributed by atoms with van der Waals surface area (Å²) >= 11 is 1.41. The average Bonchev–Trinajstić information content (AvgIpc) is 2.13. The van der Waals surface area contributed by atoms with Crippen molar-refractivity contribution >= 4 is 23.6 Å². The number of hydrogen-bond acceptors (Lipinski definition) is 3. The van der Waals surface area contributed by atoms with E-state index < -0.39 is 5.97 Å². The van der Waals surface area contributed by atoms with Crippen LogP contribution in [0.4, 0.5) is 0 Å². The van der Waals surface area contributed by atoms with Crippen LogP contribution < -0.4 is 0 Å². The smallest absolute Gasteiger partial charge is 0.323 e. The van der Waals surface area contributed by atoms with Gasteiger partial charge in [-0.15, -0.1) is 0 Å². The lowest BCUT2D eigenvalue weighted by atomic mass is 10.2. The normalized spacial score (nSPS) is 12.2. The lowest BCUT2D eigenvalue weighted by Gasteiger charge is -2.26. The standard InChI is InChI=1S/C9H17NO3S/c1-4-7(2)10(5-9(12)13)8(11)6-14-3/h7H,4-6H2,1-3H3,(H,12,13). The summed E-state index contributed by atoms with van der Waals surface area (Å²) in [5.41, 5.74) is 0. The molecule has 0 aliphatic heterocycles. The Morgan fingerprint density at radius 1 is 1.50 bits per heavy atom. The van der Waals surface area contributed by atoms with Crippen molar-refractivity contribution in [1.82, 2.24) is 4.90 Å². The van der Waals surface area contributed by atoms with Gasteiger partial charge in [-0.2, -0.15) is 11.8 Å². The van der Waals surface area contributed by atoms with Crippen molar-refractivity contribution < 1.29 is 14.7 Å². The summed E-state index contributed by atoms with van der Waals surface area (Å²) in [5, 5.41) is 8.64. The number of carboxylic acids is 1. The van der Waals surface area contributed by atoms with Gasteiger partial charge in [-0.3, -0.25) is 9.59 Å². The minimum absolute atomic E-state index is 0.00856. The topological polar surface area (TPSA) is 57.6 Å². The van der Waals surface area contributed by atoms with Crippen LogP contribution >= 0.6 is 11.8 Å². The van der Waals surface area contributed by atoms with Gasteiger partial charge in [-0.25, -0.2) is 0 Å². The van der Waals surface area contributed by atoms with Crippen molar-refractivity contribution in [2.45, 2.75) is 26.3 Å². The highest BCUT2D eigenvalue weighted by Crippen LogP contribution is 2.06. The molecule has 82 valence electrons. The third-order valence-corrected chi connectivity index (χ3v) is 2.55. The first kappa shape index (κ1) is 13.3. The second-order valence-corrected chi connectivity index (χ2v) is 3.97. The maximum atomic E-state index is 11.5. The Balaban J connectivity index is 4.37. The zero-order chi connectivity index (χ0) is 11.1. The van der Waals surface area contributed by atoms with Crippen LogP contribution in [0.25, 0.3) is 0 Å². The van der Waals surface area contributed by atoms with Gasteiger partial charge < -0.3 is 10.0 Å². The summed E-state index contributed by atoms with van der Waals surface area (Å²) in [4.78, 5) is 23.5. The van der Waals surface area contributed by atoms with Gasteiger partial charge in [0.2, 0.25) is 5.91 Å². The Kier molecular flexibility index (Phi) is 6.36. The van der Waals surface area contributed by atoms with Crippen LogP contribution in [-0.4, -0.2) is 46.5 Å². The van der Waals surface area contributed by atoms with Gasteiger partial charge in [0.05, 0.1) is 5.75 Å². The Bertz CT molecular complexity index is 208. The quantitative estimate of drug-likeness (QED) is 0.725. The van der Waals surface area contributed by atoms with Crippen molar-refractivity contribution in [2.24, 2.45) is 0 Å². The number of carboxylic acid groups (broad SMARTS) is 1. The fourth-order valence-electron chi connectivity index (χ4n) is 1.06. The number of amides is 1. The Labute approximate surface area is 88.7 Å². The van der Waals surface area contributed by atoms with Crippen molar-refractivity contribution in [1.29, 1.82) is 0 Å². The molecular weight excluding hydrogens is 202 g/mol. The molecule has 0 rings (SSSR count). The van der Waals surface area contributed by atoms with Crippen LogP contribution in [0, 0.1) is 0 Å². The monoisotopic (exact) mass is 219 g/mol. The number of aliphatic carboxylic acids is 1. The minimum Gasteiger partial charge on any atom is -0.480 e. The van der Waals surface area contributed by atoms with E-state index in [0.29, 0.717) is 5.75 Å². The third-order valence-electron chi connectivity index (χ3n) is 2.02. The lowest BCUT2D eigenvalue weighted by molar-refractivity contribution is -0.144. The van der Waals surface area contributed by atoms with Gasteiger partial charge in [0, 0.05) is 6.04 Å². The van der Waals surface area contributed by atoms with Gasteiger partial charge in [0.25, 0.3) is 0 Å². The summed E-state index contributed by atoms with van der Waals surface area (Å²) in [5.74, 6) is -0.716. The predicted molar refractivity (Wildman–Crippen MR) is 57.5 cm³/mol. The zero-order valence-corrected chi connectivity index (χ0v) is 9.63. The molecule has 1 atom stereocenters. The largest absolute Gasteiger partial charge is 0.480 e. The first-order valence-electron chi connectivity index (χ1n) is 4.53. The van der Waals surface area contributed by atoms with Crippen molar-refractivity contribution in [3.05, 3.63) is 0 Å². The molecule has 14 heavy (non-hydrogen) atoms. The van der Waals surface area contributed by atoms with Gasteiger partial charge in [0.1, 0.15) is 6.54 Å². The van der Waals surface area contributed by atoms with E-state index in [2.05, 4.69) is 0 Å². The van der Waals surface area contributed by atoms with E-state index >= 15 is 0 Å². The number of thioether (sulfide) groups is 1. The van der Waals surface area contributed by atoms with E-state index in [1.165, 1.54) is 16.7 Å². The molecule has 0 aliphatic rings. The maximum absolute atomic E-state index is 11.5. The molecule has 0 saturated carbocycles. The first-order valence-corrected chi connectivity index (χ1v) is 5.92. The summed E-state index contributed by atoms with van der Waals surface area (Å²) in [6.07, 6.45) is 2.60. The summed E-state index contributed by atoms with van der Waals surface area (Å²) < 4.78 is 0. The molecular formula is C9H17NO3S. The molecule has 0 spiro atoms. The molecule has 0 aromatic carbocycles. The Morgan fingerprint density at radius 3 is 2.43 bits per heavy atom. The van der Waals surface area contributed by atoms with Crippen molar-refractivity contribution in [3.63, 3.8) is 0 Å². The number of carbonyl (C=O) groups is 2. The Morgan fingerprint density at radius 2 is 2.07 bits per heavy atom. The average molecular weight is 219 g/mol. The van der Waals surface area contributed by atoms with Gasteiger partial charge in [0.15, 0.2) is 0 Å². The Hall–Kier alpha value is -0.710. The van der Waals surface area contributed by atoms with E-state index in [0.717, 1.165) is 6.42 Å². The molecule has 0 radical (unpaired) electrons. The molecule has 0 aliphatic carbocycles. The first-order chi connectivity index (χ1) is 6.52. The number of nitrogens with zero attached hydrogens (tertiary/aromatic N) is 1. The number of hydrogen-bond donors (Lipinski definition) is 1. The van der Waals surface area contributed by atoms with E-state index in [1.807, 2.05) is 20.1 Å². The second-order valence-electron chi connectivity index (χ2n) is 3.11. The third kappa shape index (κ3) is 4.50. The van der Waals surface area contributed by atoms with Crippen LogP contribution in [0.15, 0.2) is 0 Å². The molecule has 4 nitrogen and oxygen atoms in total. The number of carbonyl (C=O) groups excluding carboxylic acids is 1. The molecule has 0 aromatic rings. The highest BCUT2D eigenvalue weighted by Gasteiger charge is 2.20. The van der Waals surface area contributed by atoms with E-state index in [4.69, 9.17) is 5.11 Å². The highest BCUT2D eigenvalue weighted by molar-refractivity contribution is 7.99. The molecule has 0 bridgehead atoms. The van der Waals surface area contributed by atoms with Crippen LogP contribution in [0.2, 0.25) is 0 Å². The van der Waals surface area contributed by atoms with E-state index in [9.17, 15) is 9.59 Å². The molecule has 0 saturated heterocycles. The van der Waals surface area contributed by atoms with Crippen LogP contribution in [0.1, 0.15) is 20.3 Å². The van der Waals surface area contributed by atoms with Crippen LogP contribution in [-0.2, 0) is 9.59 Å². The predicted octanol–water partition coefficient (Wildman–Crippen LogP) is 1.06. The van der Waals surface area contributed by atoms with Gasteiger partial charge >= 0.3 is 5.97 Å². The van der Waals surface area contributed by atoms with Crippen molar-refractivity contribution in [2.75, 3.05) is 18.6 Å². The van der Waals surface area contributed by atoms with Gasteiger partial charge in [-0.05, 0) is 19.6 Å². The maximum Gasteiger partial charge on any atom is 0.323 e. The fourth-order valence-corrected chi connectivity index (χ4v) is 1.48. The van der Waals surface area contributed by atoms with Crippen LogP contribution in [0.5, 0.6) is 0 Å². The number of rotatable bonds is 6. The molecule has 0 heterocycles. The molecule has 1 amide bonds. The molecule has 5 heteroatoms. The zero-order valence-electron chi connectivity index (χ0n) is 8.82. The van der Waals surface area contributed by atoms with E-state index in [-0.39, 0.29) is 18.5 Å².